The van der Waals surface area contributed by atoms with Crippen molar-refractivity contribution in [3.8, 4) is 5.75 Å². The first-order chi connectivity index (χ1) is 11.6. The van der Waals surface area contributed by atoms with Crippen molar-refractivity contribution in [1.82, 2.24) is 9.78 Å². The van der Waals surface area contributed by atoms with E-state index >= 15 is 0 Å². The van der Waals surface area contributed by atoms with Gasteiger partial charge in [0.1, 0.15) is 5.75 Å². The number of hydrogen-bond donors (Lipinski definition) is 2. The number of fused-ring (bicyclic) bond motifs is 1. The van der Waals surface area contributed by atoms with E-state index in [9.17, 15) is 9.90 Å². The van der Waals surface area contributed by atoms with Crippen LogP contribution in [-0.2, 0) is 0 Å². The van der Waals surface area contributed by atoms with Crippen LogP contribution in [0.15, 0.2) is 34.1 Å². The number of phenols is 1. The fourth-order valence-corrected chi connectivity index (χ4v) is 4.83. The molecule has 4 rings (SSSR count). The highest BCUT2D eigenvalue weighted by Crippen LogP contribution is 2.45. The molecule has 1 saturated carbocycles. The molecule has 5 nitrogen and oxygen atoms in total. The third-order valence-electron chi connectivity index (χ3n) is 4.86. The van der Waals surface area contributed by atoms with Crippen molar-refractivity contribution >= 4 is 22.6 Å². The van der Waals surface area contributed by atoms with Crippen molar-refractivity contribution in [2.24, 2.45) is 4.99 Å². The molecule has 24 heavy (non-hydrogen) atoms. The van der Waals surface area contributed by atoms with E-state index in [0.717, 1.165) is 29.3 Å². The standard InChI is InChI=1S/C18H21N3O2S/c1-11-19-17-15(16(24-11)12-6-5-9-14(22)10-12)18(23)20-21(17)13-7-3-2-4-8-13/h5-6,9-10,13,16,22H,2-4,7-8H2,1H3,(H,20,23)/t16-/m0/s1. The summed E-state index contributed by atoms with van der Waals surface area (Å²) in [6.07, 6.45) is 5.86. The normalized spacial score (nSPS) is 21.4. The zero-order valence-corrected chi connectivity index (χ0v) is 14.5. The third kappa shape index (κ3) is 2.69. The first-order valence-corrected chi connectivity index (χ1v) is 9.37. The molecule has 126 valence electrons. The Labute approximate surface area is 144 Å². The lowest BCUT2D eigenvalue weighted by Gasteiger charge is -2.26. The highest BCUT2D eigenvalue weighted by Gasteiger charge is 2.32. The van der Waals surface area contributed by atoms with Crippen molar-refractivity contribution in [3.63, 3.8) is 0 Å². The van der Waals surface area contributed by atoms with Crippen molar-refractivity contribution in [3.05, 3.63) is 45.7 Å². The van der Waals surface area contributed by atoms with Gasteiger partial charge in [-0.2, -0.15) is 0 Å². The Kier molecular flexibility index (Phi) is 4.00. The molecule has 2 aliphatic rings. The van der Waals surface area contributed by atoms with Gasteiger partial charge in [0.05, 0.1) is 21.9 Å². The molecule has 0 amide bonds. The zero-order valence-electron chi connectivity index (χ0n) is 13.7. The van der Waals surface area contributed by atoms with E-state index in [2.05, 4.69) is 10.1 Å². The van der Waals surface area contributed by atoms with Crippen LogP contribution in [-0.4, -0.2) is 19.9 Å². The lowest BCUT2D eigenvalue weighted by atomic mass is 9.95. The van der Waals surface area contributed by atoms with Gasteiger partial charge in [-0.3, -0.25) is 14.6 Å². The lowest BCUT2D eigenvalue weighted by Crippen LogP contribution is -2.16. The minimum Gasteiger partial charge on any atom is -0.508 e. The molecule has 1 aliphatic carbocycles. The Morgan fingerprint density at radius 1 is 1.29 bits per heavy atom. The maximum Gasteiger partial charge on any atom is 0.271 e. The van der Waals surface area contributed by atoms with Crippen LogP contribution in [0.5, 0.6) is 5.75 Å². The number of hydrogen-bond acceptors (Lipinski definition) is 4. The first kappa shape index (κ1) is 15.6. The number of thioether (sulfide) groups is 1. The van der Waals surface area contributed by atoms with Crippen molar-refractivity contribution in [2.75, 3.05) is 0 Å². The Balaban J connectivity index is 1.82. The second kappa shape index (κ2) is 6.16. The Morgan fingerprint density at radius 3 is 2.83 bits per heavy atom. The monoisotopic (exact) mass is 343 g/mol. The first-order valence-electron chi connectivity index (χ1n) is 8.49. The van der Waals surface area contributed by atoms with Gasteiger partial charge in [0.15, 0.2) is 5.82 Å². The van der Waals surface area contributed by atoms with Gasteiger partial charge in [-0.15, -0.1) is 0 Å². The fourth-order valence-electron chi connectivity index (χ4n) is 3.74. The number of aromatic hydroxyl groups is 1. The van der Waals surface area contributed by atoms with E-state index < -0.39 is 0 Å². The minimum atomic E-state index is -0.127. The van der Waals surface area contributed by atoms with Gasteiger partial charge >= 0.3 is 0 Å². The number of benzene rings is 1. The van der Waals surface area contributed by atoms with Gasteiger partial charge in [-0.25, -0.2) is 4.99 Å². The summed E-state index contributed by atoms with van der Waals surface area (Å²) in [6, 6.07) is 7.49. The molecule has 2 aromatic rings. The van der Waals surface area contributed by atoms with Crippen molar-refractivity contribution in [2.45, 2.75) is 50.3 Å². The molecule has 2 N–H and O–H groups in total. The number of phenolic OH excluding ortho intramolecular Hbond substituents is 1. The van der Waals surface area contributed by atoms with E-state index in [0.29, 0.717) is 11.6 Å². The number of H-pyrrole nitrogens is 1. The van der Waals surface area contributed by atoms with Gasteiger partial charge in [0, 0.05) is 0 Å². The summed E-state index contributed by atoms with van der Waals surface area (Å²) in [5.74, 6) is 0.995. The number of aliphatic imine (C=N–C) groups is 1. The van der Waals surface area contributed by atoms with E-state index in [4.69, 9.17) is 0 Å². The maximum absolute atomic E-state index is 12.7. The topological polar surface area (TPSA) is 70.4 Å². The largest absolute Gasteiger partial charge is 0.508 e. The van der Waals surface area contributed by atoms with Crippen LogP contribution >= 0.6 is 11.8 Å². The predicted molar refractivity (Wildman–Crippen MR) is 97.5 cm³/mol. The van der Waals surface area contributed by atoms with Crippen LogP contribution in [0.3, 0.4) is 0 Å². The maximum atomic E-state index is 12.7. The lowest BCUT2D eigenvalue weighted by molar-refractivity contribution is 0.331. The molecule has 6 heteroatoms. The summed E-state index contributed by atoms with van der Waals surface area (Å²) in [6.45, 7) is 1.98. The molecule has 1 aliphatic heterocycles. The number of aromatic nitrogens is 2. The highest BCUT2D eigenvalue weighted by molar-refractivity contribution is 8.14. The van der Waals surface area contributed by atoms with Crippen LogP contribution in [0.2, 0.25) is 0 Å². The SMILES string of the molecule is CC1=Nc2c(c(=O)[nH]n2C2CCCCC2)[C@H](c2cccc(O)c2)S1. The van der Waals surface area contributed by atoms with Crippen LogP contribution in [0, 0.1) is 0 Å². The molecule has 1 fully saturated rings. The molecular formula is C18H21N3O2S. The van der Waals surface area contributed by atoms with Crippen LogP contribution in [0.4, 0.5) is 5.82 Å². The van der Waals surface area contributed by atoms with Crippen LogP contribution < -0.4 is 5.56 Å². The van der Waals surface area contributed by atoms with Gasteiger partial charge in [-0.05, 0) is 37.5 Å². The summed E-state index contributed by atoms with van der Waals surface area (Å²) in [7, 11) is 0. The quantitative estimate of drug-likeness (QED) is 0.855. The molecule has 1 aromatic heterocycles. The summed E-state index contributed by atoms with van der Waals surface area (Å²) >= 11 is 1.57. The van der Waals surface area contributed by atoms with Crippen LogP contribution in [0.25, 0.3) is 0 Å². The number of nitrogens with one attached hydrogen (secondary N) is 1. The number of aromatic amines is 1. The van der Waals surface area contributed by atoms with Crippen LogP contribution in [0.1, 0.15) is 61.4 Å². The Morgan fingerprint density at radius 2 is 2.08 bits per heavy atom. The summed E-state index contributed by atoms with van der Waals surface area (Å²) < 4.78 is 2.00. The Hall–Kier alpha value is -1.95. The molecule has 1 atom stereocenters. The van der Waals surface area contributed by atoms with E-state index in [-0.39, 0.29) is 16.6 Å². The van der Waals surface area contributed by atoms with Gasteiger partial charge in [-0.1, -0.05) is 43.2 Å². The third-order valence-corrected chi connectivity index (χ3v) is 6.04. The average Bonchev–Trinajstić information content (AvgIpc) is 2.91. The van der Waals surface area contributed by atoms with Gasteiger partial charge < -0.3 is 5.11 Å². The molecule has 1 aromatic carbocycles. The van der Waals surface area contributed by atoms with E-state index in [1.165, 1.54) is 19.3 Å². The molecule has 0 bridgehead atoms. The Bertz CT molecular complexity index is 846. The summed E-state index contributed by atoms with van der Waals surface area (Å²) in [4.78, 5) is 17.4. The second-order valence-electron chi connectivity index (χ2n) is 6.56. The second-order valence-corrected chi connectivity index (χ2v) is 7.86. The molecule has 2 heterocycles. The smallest absolute Gasteiger partial charge is 0.271 e. The molecule has 0 spiro atoms. The fraction of sp³-hybridized carbons (Fsp3) is 0.444. The minimum absolute atomic E-state index is 0.0623. The zero-order chi connectivity index (χ0) is 16.7. The molecule has 0 saturated heterocycles. The summed E-state index contributed by atoms with van der Waals surface area (Å²) in [5.41, 5.74) is 1.58. The predicted octanol–water partition coefficient (Wildman–Crippen LogP) is 4.27. The van der Waals surface area contributed by atoms with Gasteiger partial charge in [0.2, 0.25) is 0 Å². The van der Waals surface area contributed by atoms with E-state index in [1.807, 2.05) is 23.7 Å². The molecular weight excluding hydrogens is 322 g/mol. The number of nitrogens with zero attached hydrogens (tertiary/aromatic N) is 2. The van der Waals surface area contributed by atoms with Gasteiger partial charge in [0.25, 0.3) is 5.56 Å². The van der Waals surface area contributed by atoms with E-state index in [1.54, 1.807) is 23.9 Å². The summed E-state index contributed by atoms with van der Waals surface area (Å²) in [5, 5.41) is 13.7. The number of rotatable bonds is 2. The molecule has 0 radical (unpaired) electrons. The van der Waals surface area contributed by atoms with Crippen molar-refractivity contribution in [1.29, 1.82) is 0 Å². The highest BCUT2D eigenvalue weighted by atomic mass is 32.2. The molecule has 0 unspecified atom stereocenters. The average molecular weight is 343 g/mol. The van der Waals surface area contributed by atoms with Crippen molar-refractivity contribution < 1.29 is 5.11 Å².